The van der Waals surface area contributed by atoms with Crippen LogP contribution in [0, 0.1) is 18.3 Å². The topological polar surface area (TPSA) is 105 Å². The molecule has 34 heavy (non-hydrogen) atoms. The highest BCUT2D eigenvalue weighted by atomic mass is 16.5. The van der Waals surface area contributed by atoms with E-state index in [1.165, 1.54) is 18.2 Å². The number of hydrogen-bond donors (Lipinski definition) is 1. The fraction of sp³-hybridized carbons (Fsp3) is 0.111. The Bertz CT molecular complexity index is 1270. The Labute approximate surface area is 197 Å². The molecular weight excluding hydrogens is 432 g/mol. The Morgan fingerprint density at radius 1 is 0.941 bits per heavy atom. The van der Waals surface area contributed by atoms with Gasteiger partial charge >= 0.3 is 11.9 Å². The lowest BCUT2D eigenvalue weighted by Gasteiger charge is -2.07. The largest absolute Gasteiger partial charge is 0.462 e. The van der Waals surface area contributed by atoms with Crippen LogP contribution in [-0.4, -0.2) is 24.5 Å². The minimum atomic E-state index is -0.617. The zero-order valence-corrected chi connectivity index (χ0v) is 18.7. The minimum Gasteiger partial charge on any atom is -0.462 e. The second kappa shape index (κ2) is 11.2. The van der Waals surface area contributed by atoms with E-state index in [1.807, 2.05) is 25.1 Å². The van der Waals surface area contributed by atoms with Crippen LogP contribution < -0.4 is 10.1 Å². The Balaban J connectivity index is 1.70. The molecule has 0 unspecified atom stereocenters. The Morgan fingerprint density at radius 2 is 1.59 bits per heavy atom. The first kappa shape index (κ1) is 24.0. The van der Waals surface area contributed by atoms with Crippen molar-refractivity contribution in [2.24, 2.45) is 0 Å². The van der Waals surface area contributed by atoms with E-state index < -0.39 is 17.8 Å². The van der Waals surface area contributed by atoms with Gasteiger partial charge in [-0.05, 0) is 74.0 Å². The average Bonchev–Trinajstić information content (AvgIpc) is 2.83. The maximum atomic E-state index is 12.6. The quantitative estimate of drug-likeness (QED) is 0.235. The molecule has 0 saturated carbocycles. The Hall–Kier alpha value is -4.70. The van der Waals surface area contributed by atoms with E-state index in [2.05, 4.69) is 5.32 Å². The molecule has 1 N–H and O–H groups in total. The smallest absolute Gasteiger partial charge is 0.343 e. The number of carbonyl (C=O) groups excluding carboxylic acids is 3. The highest BCUT2D eigenvalue weighted by Gasteiger charge is 2.12. The van der Waals surface area contributed by atoms with E-state index in [0.717, 1.165) is 5.56 Å². The summed E-state index contributed by atoms with van der Waals surface area (Å²) in [6.45, 7) is 3.90. The van der Waals surface area contributed by atoms with Crippen molar-refractivity contribution in [2.75, 3.05) is 11.9 Å². The third kappa shape index (κ3) is 6.40. The van der Waals surface area contributed by atoms with Crippen LogP contribution in [0.25, 0.3) is 6.08 Å². The summed E-state index contributed by atoms with van der Waals surface area (Å²) in [5, 5.41) is 12.1. The molecule has 0 aliphatic rings. The summed E-state index contributed by atoms with van der Waals surface area (Å²) in [6, 6.07) is 21.5. The van der Waals surface area contributed by atoms with Crippen molar-refractivity contribution in [3.05, 3.63) is 101 Å². The number of nitrogens with zero attached hydrogens (tertiary/aromatic N) is 1. The van der Waals surface area contributed by atoms with Gasteiger partial charge in [-0.1, -0.05) is 29.8 Å². The van der Waals surface area contributed by atoms with Crippen molar-refractivity contribution >= 4 is 29.6 Å². The maximum Gasteiger partial charge on any atom is 0.343 e. The first-order chi connectivity index (χ1) is 16.4. The molecule has 0 spiro atoms. The van der Waals surface area contributed by atoms with Gasteiger partial charge in [0.05, 0.1) is 17.7 Å². The van der Waals surface area contributed by atoms with Crippen LogP contribution in [-0.2, 0) is 9.53 Å². The summed E-state index contributed by atoms with van der Waals surface area (Å²) in [6.07, 6.45) is 1.39. The number of amides is 1. The molecule has 7 heteroatoms. The predicted octanol–water partition coefficient (Wildman–Crippen LogP) is 4.94. The number of esters is 2. The van der Waals surface area contributed by atoms with Gasteiger partial charge in [-0.2, -0.15) is 5.26 Å². The monoisotopic (exact) mass is 454 g/mol. The van der Waals surface area contributed by atoms with E-state index in [-0.39, 0.29) is 17.9 Å². The van der Waals surface area contributed by atoms with Gasteiger partial charge in [-0.3, -0.25) is 4.79 Å². The van der Waals surface area contributed by atoms with E-state index in [0.29, 0.717) is 22.4 Å². The molecule has 3 aromatic carbocycles. The van der Waals surface area contributed by atoms with E-state index in [1.54, 1.807) is 55.5 Å². The molecular formula is C27H22N2O5. The summed E-state index contributed by atoms with van der Waals surface area (Å²) < 4.78 is 10.3. The number of hydrogen-bond acceptors (Lipinski definition) is 6. The van der Waals surface area contributed by atoms with Crippen molar-refractivity contribution in [2.45, 2.75) is 13.8 Å². The van der Waals surface area contributed by atoms with Crippen molar-refractivity contribution in [3.8, 4) is 11.8 Å². The van der Waals surface area contributed by atoms with Crippen LogP contribution in [0.3, 0.4) is 0 Å². The third-order valence-corrected chi connectivity index (χ3v) is 4.69. The molecule has 0 saturated heterocycles. The van der Waals surface area contributed by atoms with Crippen LogP contribution in [0.2, 0.25) is 0 Å². The number of aryl methyl sites for hydroxylation is 1. The van der Waals surface area contributed by atoms with Gasteiger partial charge in [-0.15, -0.1) is 0 Å². The van der Waals surface area contributed by atoms with E-state index in [4.69, 9.17) is 9.47 Å². The van der Waals surface area contributed by atoms with Gasteiger partial charge < -0.3 is 14.8 Å². The molecule has 0 bridgehead atoms. The number of ether oxygens (including phenoxy) is 2. The normalized spacial score (nSPS) is 10.7. The number of rotatable bonds is 7. The molecule has 0 atom stereocenters. The number of nitrogens with one attached hydrogen (secondary N) is 1. The standard InChI is InChI=1S/C27H22N2O5/c1-3-33-26(31)20-11-13-23(14-12-20)29-25(30)22(17-28)15-19-5-4-6-24(16-19)34-27(32)21-9-7-18(2)8-10-21/h4-16H,3H2,1-2H3,(H,29,30)/b22-15+. The molecule has 170 valence electrons. The predicted molar refractivity (Wildman–Crippen MR) is 127 cm³/mol. The summed E-state index contributed by atoms with van der Waals surface area (Å²) in [5.74, 6) is -1.30. The third-order valence-electron chi connectivity index (χ3n) is 4.69. The Morgan fingerprint density at radius 3 is 2.24 bits per heavy atom. The Kier molecular flexibility index (Phi) is 7.93. The summed E-state index contributed by atoms with van der Waals surface area (Å²) in [7, 11) is 0. The molecule has 1 amide bonds. The second-order valence-corrected chi connectivity index (χ2v) is 7.25. The molecule has 0 heterocycles. The van der Waals surface area contributed by atoms with Crippen LogP contribution >= 0.6 is 0 Å². The molecule has 3 aromatic rings. The van der Waals surface area contributed by atoms with Gasteiger partial charge in [-0.25, -0.2) is 9.59 Å². The summed E-state index contributed by atoms with van der Waals surface area (Å²) in [4.78, 5) is 36.6. The average molecular weight is 454 g/mol. The number of carbonyl (C=O) groups is 3. The zero-order chi connectivity index (χ0) is 24.5. The lowest BCUT2D eigenvalue weighted by molar-refractivity contribution is -0.112. The highest BCUT2D eigenvalue weighted by Crippen LogP contribution is 2.19. The number of nitriles is 1. The van der Waals surface area contributed by atoms with Crippen molar-refractivity contribution in [3.63, 3.8) is 0 Å². The molecule has 0 fully saturated rings. The van der Waals surface area contributed by atoms with Crippen molar-refractivity contribution in [1.29, 1.82) is 5.26 Å². The minimum absolute atomic E-state index is 0.142. The number of anilines is 1. The van der Waals surface area contributed by atoms with Crippen molar-refractivity contribution < 1.29 is 23.9 Å². The molecule has 0 radical (unpaired) electrons. The van der Waals surface area contributed by atoms with Gasteiger partial charge in [0, 0.05) is 5.69 Å². The van der Waals surface area contributed by atoms with Gasteiger partial charge in [0.15, 0.2) is 0 Å². The maximum absolute atomic E-state index is 12.6. The first-order valence-corrected chi connectivity index (χ1v) is 10.5. The molecule has 0 aliphatic carbocycles. The van der Waals surface area contributed by atoms with Gasteiger partial charge in [0.25, 0.3) is 5.91 Å². The summed E-state index contributed by atoms with van der Waals surface area (Å²) >= 11 is 0. The van der Waals surface area contributed by atoms with Crippen LogP contribution in [0.1, 0.15) is 38.8 Å². The zero-order valence-electron chi connectivity index (χ0n) is 18.7. The van der Waals surface area contributed by atoms with Crippen molar-refractivity contribution in [1.82, 2.24) is 0 Å². The van der Waals surface area contributed by atoms with Crippen LogP contribution in [0.15, 0.2) is 78.4 Å². The number of benzene rings is 3. The molecule has 7 nitrogen and oxygen atoms in total. The SMILES string of the molecule is CCOC(=O)c1ccc(NC(=O)/C(C#N)=C/c2cccc(OC(=O)c3ccc(C)cc3)c2)cc1. The fourth-order valence-corrected chi connectivity index (χ4v) is 2.94. The van der Waals surface area contributed by atoms with E-state index >= 15 is 0 Å². The lowest BCUT2D eigenvalue weighted by Crippen LogP contribution is -2.13. The lowest BCUT2D eigenvalue weighted by atomic mass is 10.1. The van der Waals surface area contributed by atoms with Gasteiger partial charge in [0.2, 0.25) is 0 Å². The van der Waals surface area contributed by atoms with Crippen LogP contribution in [0.4, 0.5) is 5.69 Å². The second-order valence-electron chi connectivity index (χ2n) is 7.25. The first-order valence-electron chi connectivity index (χ1n) is 10.5. The molecule has 0 aromatic heterocycles. The fourth-order valence-electron chi connectivity index (χ4n) is 2.94. The van der Waals surface area contributed by atoms with Crippen LogP contribution in [0.5, 0.6) is 5.75 Å². The molecule has 0 aliphatic heterocycles. The highest BCUT2D eigenvalue weighted by molar-refractivity contribution is 6.09. The molecule has 3 rings (SSSR count). The summed E-state index contributed by atoms with van der Waals surface area (Å²) in [5.41, 5.74) is 2.58. The van der Waals surface area contributed by atoms with Gasteiger partial charge in [0.1, 0.15) is 17.4 Å². The van der Waals surface area contributed by atoms with E-state index in [9.17, 15) is 19.6 Å².